The average Bonchev–Trinajstić information content (AvgIpc) is 4.54. The number of hydrogen-bond donors (Lipinski definition) is 2. The Morgan fingerprint density at radius 1 is 0.390 bits per heavy atom. The van der Waals surface area contributed by atoms with Crippen molar-refractivity contribution < 1.29 is 38.1 Å². The second-order valence-corrected chi connectivity index (χ2v) is 21.8. The predicted molar refractivity (Wildman–Crippen MR) is 310 cm³/mol. The smallest absolute Gasteiger partial charge is 0.359 e. The van der Waals surface area contributed by atoms with Crippen molar-refractivity contribution >= 4 is 45.9 Å². The van der Waals surface area contributed by atoms with E-state index in [-0.39, 0.29) is 72.1 Å². The summed E-state index contributed by atoms with van der Waals surface area (Å²) in [6.07, 6.45) is 0.577. The molecule has 0 saturated heterocycles. The van der Waals surface area contributed by atoms with E-state index in [4.69, 9.17) is 39.1 Å². The van der Waals surface area contributed by atoms with Crippen LogP contribution in [0.15, 0.2) is 121 Å². The summed E-state index contributed by atoms with van der Waals surface area (Å²) in [6.45, 7) is 8.80. The van der Waals surface area contributed by atoms with Crippen LogP contribution in [-0.4, -0.2) is 91.8 Å². The van der Waals surface area contributed by atoms with Crippen LogP contribution in [0.4, 0.5) is 0 Å². The second kappa shape index (κ2) is 20.1. The van der Waals surface area contributed by atoms with Crippen molar-refractivity contribution in [2.75, 3.05) is 28.4 Å². The van der Waals surface area contributed by atoms with Gasteiger partial charge in [0.1, 0.15) is 11.1 Å². The summed E-state index contributed by atoms with van der Waals surface area (Å²) < 4.78 is 24.7. The summed E-state index contributed by atoms with van der Waals surface area (Å²) in [6, 6.07) is 42.2. The SMILES string of the molecule is COC(=O)c1nn2c(c1C(=O)OC)C[C@@H]1c3nc(c(-c4ccc(C)cc4)c4ccc([nH]4)c(-c4ccc(C)cc4)c4nc(c(-c5ccc(C)cc5)c5ccc([nH]5)c3-c3ccc(C)cc3)[C@@H]3Cn5nc(C(=O)OC)c(C(=O)OC)c5C[C@H]43)[C@@H]1C2. The number of H-pyrrole nitrogens is 2. The first-order valence-electron chi connectivity index (χ1n) is 27.4. The highest BCUT2D eigenvalue weighted by atomic mass is 16.5. The van der Waals surface area contributed by atoms with Crippen LogP contribution < -0.4 is 0 Å². The fraction of sp³-hybridized carbons (Fsp3) is 0.242. The Balaban J connectivity index is 1.21. The van der Waals surface area contributed by atoms with Crippen molar-refractivity contribution in [2.24, 2.45) is 0 Å². The normalized spacial score (nSPS) is 16.8. The van der Waals surface area contributed by atoms with E-state index in [0.29, 0.717) is 11.4 Å². The molecule has 8 bridgehead atoms. The largest absolute Gasteiger partial charge is 0.465 e. The van der Waals surface area contributed by atoms with E-state index < -0.39 is 23.9 Å². The maximum atomic E-state index is 13.9. The average molecular weight is 1090 g/mol. The zero-order chi connectivity index (χ0) is 56.8. The van der Waals surface area contributed by atoms with Gasteiger partial charge in [0, 0.05) is 68.0 Å². The van der Waals surface area contributed by atoms with Gasteiger partial charge < -0.3 is 28.9 Å². The van der Waals surface area contributed by atoms with Crippen molar-refractivity contribution in [2.45, 2.75) is 77.3 Å². The minimum absolute atomic E-state index is 0.0749. The summed E-state index contributed by atoms with van der Waals surface area (Å²) in [5, 5.41) is 9.63. The Hall–Kier alpha value is -9.70. The molecule has 0 aliphatic carbocycles. The number of esters is 4. The molecule has 0 spiro atoms. The van der Waals surface area contributed by atoms with E-state index in [0.717, 1.165) is 112 Å². The molecule has 0 saturated carbocycles. The van der Waals surface area contributed by atoms with Crippen LogP contribution in [0, 0.1) is 27.7 Å². The Morgan fingerprint density at radius 2 is 0.659 bits per heavy atom. The lowest BCUT2D eigenvalue weighted by Gasteiger charge is -2.29. The molecule has 9 heterocycles. The molecule has 5 aromatic heterocycles. The van der Waals surface area contributed by atoms with E-state index in [1.807, 2.05) is 0 Å². The number of aromatic amines is 2. The second-order valence-electron chi connectivity index (χ2n) is 21.8. The maximum Gasteiger partial charge on any atom is 0.359 e. The first-order valence-corrected chi connectivity index (χ1v) is 27.4. The van der Waals surface area contributed by atoms with Gasteiger partial charge in [0.05, 0.1) is 75.7 Å². The number of ether oxygens (including phenoxy) is 4. The van der Waals surface area contributed by atoms with Gasteiger partial charge in [-0.1, -0.05) is 119 Å². The number of hydrogen-bond acceptors (Lipinski definition) is 12. The lowest BCUT2D eigenvalue weighted by molar-refractivity contribution is 0.0551. The molecule has 9 aromatic rings. The van der Waals surface area contributed by atoms with Crippen LogP contribution in [0.1, 0.15) is 122 Å². The van der Waals surface area contributed by atoms with Crippen LogP contribution in [0.25, 0.3) is 66.6 Å². The number of carbonyl (C=O) groups excluding carboxylic acids is 4. The standard InChI is InChI=1S/C66H58N8O8/c1-33-9-17-37(18-10-33)51-45-25-27-47(67-45)53(39-21-13-35(3)14-22-39)60-44-32-74-50(56(64(76)80-6)62(72-74)66(78)82-8)30-42(44)58(70-60)52(38-19-11-34(2)12-20-38)46-26-28-48(68-46)54(40-23-15-36(4)16-24-40)59-43-31-73-49(29-41(43)57(51)69-59)55(63(75)79-5)61(71-73)65(77)81-7/h9-28,41-44,67-68H,29-32H2,1-8H3/t41-,42-,43+,44+/m0/s1. The third kappa shape index (κ3) is 8.42. The minimum atomic E-state index is -0.735. The third-order valence-corrected chi connectivity index (χ3v) is 16.9. The lowest BCUT2D eigenvalue weighted by Crippen LogP contribution is -2.26. The van der Waals surface area contributed by atoms with Gasteiger partial charge >= 0.3 is 23.9 Å². The maximum absolute atomic E-state index is 13.9. The number of aryl methyl sites for hydroxylation is 4. The Kier molecular flexibility index (Phi) is 12.7. The van der Waals surface area contributed by atoms with Gasteiger partial charge in [-0.3, -0.25) is 19.3 Å². The zero-order valence-corrected chi connectivity index (χ0v) is 46.6. The van der Waals surface area contributed by atoms with Crippen molar-refractivity contribution in [1.29, 1.82) is 0 Å². The number of benzene rings is 4. The molecule has 0 unspecified atom stereocenters. The van der Waals surface area contributed by atoms with Gasteiger partial charge in [0.15, 0.2) is 11.4 Å². The van der Waals surface area contributed by atoms with E-state index in [1.54, 1.807) is 9.36 Å². The molecule has 16 heteroatoms. The van der Waals surface area contributed by atoms with Gasteiger partial charge in [-0.05, 0) is 87.1 Å². The summed E-state index contributed by atoms with van der Waals surface area (Å²) >= 11 is 0. The summed E-state index contributed by atoms with van der Waals surface area (Å²) in [5.74, 6) is -4.18. The van der Waals surface area contributed by atoms with Crippen LogP contribution in [0.5, 0.6) is 0 Å². The van der Waals surface area contributed by atoms with Crippen molar-refractivity contribution in [3.63, 3.8) is 0 Å². The number of nitrogens with one attached hydrogen (secondary N) is 2. The Morgan fingerprint density at radius 3 is 0.927 bits per heavy atom. The molecule has 4 aromatic carbocycles. The fourth-order valence-corrected chi connectivity index (χ4v) is 12.9. The molecule has 0 fully saturated rings. The fourth-order valence-electron chi connectivity index (χ4n) is 12.9. The van der Waals surface area contributed by atoms with Crippen molar-refractivity contribution in [3.8, 4) is 44.5 Å². The summed E-state index contributed by atoms with van der Waals surface area (Å²) in [5.41, 5.74) is 18.9. The number of fused-ring (bicyclic) bond motifs is 16. The van der Waals surface area contributed by atoms with E-state index in [2.05, 4.69) is 159 Å². The van der Waals surface area contributed by atoms with E-state index in [1.165, 1.54) is 28.4 Å². The minimum Gasteiger partial charge on any atom is -0.465 e. The Bertz CT molecular complexity index is 4020. The molecule has 82 heavy (non-hydrogen) atoms. The van der Waals surface area contributed by atoms with E-state index in [9.17, 15) is 19.2 Å². The number of methoxy groups -OCH3 is 4. The van der Waals surface area contributed by atoms with Gasteiger partial charge in [0.25, 0.3) is 0 Å². The predicted octanol–water partition coefficient (Wildman–Crippen LogP) is 12.0. The molecule has 16 nitrogen and oxygen atoms in total. The van der Waals surface area contributed by atoms with Crippen LogP contribution in [0.2, 0.25) is 0 Å². The quantitative estimate of drug-likeness (QED) is 0.108. The lowest BCUT2D eigenvalue weighted by atomic mass is 9.79. The van der Waals surface area contributed by atoms with Crippen molar-refractivity contribution in [3.05, 3.63) is 200 Å². The van der Waals surface area contributed by atoms with Gasteiger partial charge in [-0.25, -0.2) is 19.2 Å². The number of nitrogens with zero attached hydrogens (tertiary/aromatic N) is 6. The van der Waals surface area contributed by atoms with Gasteiger partial charge in [-0.15, -0.1) is 0 Å². The van der Waals surface area contributed by atoms with Crippen LogP contribution in [-0.2, 0) is 44.9 Å². The van der Waals surface area contributed by atoms with Crippen LogP contribution in [0.3, 0.4) is 0 Å². The van der Waals surface area contributed by atoms with Crippen LogP contribution >= 0.6 is 0 Å². The molecule has 410 valence electrons. The zero-order valence-electron chi connectivity index (χ0n) is 46.6. The monoisotopic (exact) mass is 1090 g/mol. The summed E-state index contributed by atoms with van der Waals surface area (Å²) in [4.78, 5) is 74.5. The number of carbonyl (C=O) groups is 4. The van der Waals surface area contributed by atoms with Gasteiger partial charge in [-0.2, -0.15) is 10.2 Å². The summed E-state index contributed by atoms with van der Waals surface area (Å²) in [7, 11) is 5.15. The number of rotatable bonds is 8. The molecule has 0 amide bonds. The molecule has 4 aliphatic rings. The van der Waals surface area contributed by atoms with Gasteiger partial charge in [0.2, 0.25) is 0 Å². The highest BCUT2D eigenvalue weighted by Gasteiger charge is 2.46. The third-order valence-electron chi connectivity index (χ3n) is 16.9. The Labute approximate surface area is 472 Å². The number of aromatic nitrogens is 8. The highest BCUT2D eigenvalue weighted by molar-refractivity contribution is 6.04. The molecule has 4 aliphatic heterocycles. The molecular formula is C66H58N8O8. The van der Waals surface area contributed by atoms with Crippen molar-refractivity contribution in [1.82, 2.24) is 39.5 Å². The molecule has 2 N–H and O–H groups in total. The molecule has 0 radical (unpaired) electrons. The molecular weight excluding hydrogens is 1030 g/mol. The first kappa shape index (κ1) is 51.7. The topological polar surface area (TPSA) is 198 Å². The molecule has 13 rings (SSSR count). The highest BCUT2D eigenvalue weighted by Crippen LogP contribution is 2.53. The first-order chi connectivity index (χ1) is 39.7. The molecule has 4 atom stereocenters. The van der Waals surface area contributed by atoms with E-state index >= 15 is 0 Å².